The maximum atomic E-state index is 13.3. The maximum Gasteiger partial charge on any atom is 0.123 e. The molecule has 0 spiro atoms. The van der Waals surface area contributed by atoms with Gasteiger partial charge in [0.2, 0.25) is 0 Å². The molecule has 0 aromatic heterocycles. The number of rotatable bonds is 4. The monoisotopic (exact) mass is 264 g/mol. The molecule has 2 nitrogen and oxygen atoms in total. The minimum absolute atomic E-state index is 0.212. The van der Waals surface area contributed by atoms with Crippen molar-refractivity contribution >= 4 is 11.6 Å². The lowest BCUT2D eigenvalue weighted by Crippen LogP contribution is -2.29. The lowest BCUT2D eigenvalue weighted by molar-refractivity contribution is 0.544. The lowest BCUT2D eigenvalue weighted by Gasteiger charge is -2.18. The molecular formula is C14H14ClFN2. The zero-order valence-electron chi connectivity index (χ0n) is 9.74. The van der Waals surface area contributed by atoms with Crippen molar-refractivity contribution in [3.63, 3.8) is 0 Å². The Balaban J connectivity index is 2.26. The first-order chi connectivity index (χ1) is 8.70. The van der Waals surface area contributed by atoms with Gasteiger partial charge in [0, 0.05) is 5.02 Å². The Labute approximate surface area is 111 Å². The number of hydrogen-bond acceptors (Lipinski definition) is 2. The molecule has 0 radical (unpaired) electrons. The fourth-order valence-electron chi connectivity index (χ4n) is 1.89. The van der Waals surface area contributed by atoms with Gasteiger partial charge >= 0.3 is 0 Å². The Hall–Kier alpha value is -1.42. The first-order valence-corrected chi connectivity index (χ1v) is 6.03. The molecule has 1 unspecified atom stereocenters. The van der Waals surface area contributed by atoms with Crippen molar-refractivity contribution in [3.8, 4) is 0 Å². The molecule has 0 fully saturated rings. The summed E-state index contributed by atoms with van der Waals surface area (Å²) in [6.45, 7) is 0. The van der Waals surface area contributed by atoms with E-state index >= 15 is 0 Å². The highest BCUT2D eigenvalue weighted by molar-refractivity contribution is 6.31. The van der Waals surface area contributed by atoms with Gasteiger partial charge < -0.3 is 0 Å². The van der Waals surface area contributed by atoms with E-state index in [1.807, 2.05) is 30.3 Å². The standard InChI is InChI=1S/C14H14ClFN2/c15-13-7-6-11(16)9-12(13)14(18-17)8-10-4-2-1-3-5-10/h1-7,9,14,18H,8,17H2. The fourth-order valence-corrected chi connectivity index (χ4v) is 2.14. The van der Waals surface area contributed by atoms with E-state index in [4.69, 9.17) is 17.4 Å². The van der Waals surface area contributed by atoms with E-state index in [-0.39, 0.29) is 11.9 Å². The number of hydrazine groups is 1. The van der Waals surface area contributed by atoms with E-state index in [0.717, 1.165) is 5.56 Å². The molecule has 0 saturated heterocycles. The van der Waals surface area contributed by atoms with Gasteiger partial charge in [0.25, 0.3) is 0 Å². The Morgan fingerprint density at radius 3 is 2.56 bits per heavy atom. The average molecular weight is 265 g/mol. The summed E-state index contributed by atoms with van der Waals surface area (Å²) in [7, 11) is 0. The SMILES string of the molecule is NNC(Cc1ccccc1)c1cc(F)ccc1Cl. The van der Waals surface area contributed by atoms with Crippen molar-refractivity contribution in [2.24, 2.45) is 5.84 Å². The highest BCUT2D eigenvalue weighted by atomic mass is 35.5. The number of nitrogens with one attached hydrogen (secondary N) is 1. The Bertz CT molecular complexity index is 516. The largest absolute Gasteiger partial charge is 0.271 e. The van der Waals surface area contributed by atoms with Crippen molar-refractivity contribution in [2.45, 2.75) is 12.5 Å². The molecule has 0 amide bonds. The zero-order valence-corrected chi connectivity index (χ0v) is 10.5. The fraction of sp³-hybridized carbons (Fsp3) is 0.143. The van der Waals surface area contributed by atoms with Gasteiger partial charge in [-0.05, 0) is 35.7 Å². The van der Waals surface area contributed by atoms with E-state index in [1.165, 1.54) is 12.1 Å². The summed E-state index contributed by atoms with van der Waals surface area (Å²) in [5, 5.41) is 0.510. The van der Waals surface area contributed by atoms with Crippen LogP contribution in [0.4, 0.5) is 4.39 Å². The quantitative estimate of drug-likeness (QED) is 0.657. The molecule has 1 atom stereocenters. The molecule has 2 aromatic rings. The minimum Gasteiger partial charge on any atom is -0.271 e. The van der Waals surface area contributed by atoms with Gasteiger partial charge in [-0.25, -0.2) is 4.39 Å². The molecule has 4 heteroatoms. The van der Waals surface area contributed by atoms with Crippen LogP contribution in [0.15, 0.2) is 48.5 Å². The van der Waals surface area contributed by atoms with E-state index in [1.54, 1.807) is 6.07 Å². The van der Waals surface area contributed by atoms with Gasteiger partial charge in [-0.3, -0.25) is 11.3 Å². The first kappa shape index (κ1) is 13.0. The van der Waals surface area contributed by atoms with Crippen LogP contribution >= 0.6 is 11.6 Å². The molecule has 0 aliphatic carbocycles. The van der Waals surface area contributed by atoms with Crippen LogP contribution < -0.4 is 11.3 Å². The summed E-state index contributed by atoms with van der Waals surface area (Å²) in [6.07, 6.45) is 0.653. The molecule has 0 aliphatic heterocycles. The summed E-state index contributed by atoms with van der Waals surface area (Å²) in [5.41, 5.74) is 4.47. The van der Waals surface area contributed by atoms with Gasteiger partial charge in [0.1, 0.15) is 5.82 Å². The lowest BCUT2D eigenvalue weighted by atomic mass is 9.99. The predicted octanol–water partition coefficient (Wildman–Crippen LogP) is 3.23. The molecule has 94 valence electrons. The van der Waals surface area contributed by atoms with Crippen molar-refractivity contribution < 1.29 is 4.39 Å². The molecule has 3 N–H and O–H groups in total. The molecule has 18 heavy (non-hydrogen) atoms. The van der Waals surface area contributed by atoms with Gasteiger partial charge in [0.05, 0.1) is 6.04 Å². The number of nitrogens with two attached hydrogens (primary N) is 1. The van der Waals surface area contributed by atoms with Crippen LogP contribution in [0.3, 0.4) is 0 Å². The van der Waals surface area contributed by atoms with Crippen molar-refractivity contribution in [1.82, 2.24) is 5.43 Å². The van der Waals surface area contributed by atoms with Gasteiger partial charge in [-0.2, -0.15) is 0 Å². The van der Waals surface area contributed by atoms with E-state index < -0.39 is 0 Å². The van der Waals surface area contributed by atoms with E-state index in [0.29, 0.717) is 17.0 Å². The summed E-state index contributed by atoms with van der Waals surface area (Å²) < 4.78 is 13.3. The number of benzene rings is 2. The Kier molecular flexibility index (Phi) is 4.31. The van der Waals surface area contributed by atoms with Gasteiger partial charge in [0.15, 0.2) is 0 Å². The normalized spacial score (nSPS) is 12.4. The predicted molar refractivity (Wildman–Crippen MR) is 71.6 cm³/mol. The second-order valence-electron chi connectivity index (χ2n) is 4.07. The van der Waals surface area contributed by atoms with Crippen LogP contribution in [0, 0.1) is 5.82 Å². The number of hydrogen-bond donors (Lipinski definition) is 2. The van der Waals surface area contributed by atoms with Crippen LogP contribution in [0.1, 0.15) is 17.2 Å². The molecule has 0 bridgehead atoms. The molecule has 0 aliphatic rings. The van der Waals surface area contributed by atoms with Gasteiger partial charge in [-0.15, -0.1) is 0 Å². The molecule has 2 rings (SSSR count). The highest BCUT2D eigenvalue weighted by Gasteiger charge is 2.14. The van der Waals surface area contributed by atoms with Crippen LogP contribution in [-0.4, -0.2) is 0 Å². The third-order valence-electron chi connectivity index (χ3n) is 2.82. The van der Waals surface area contributed by atoms with Crippen molar-refractivity contribution in [2.75, 3.05) is 0 Å². The second kappa shape index (κ2) is 5.96. The summed E-state index contributed by atoms with van der Waals surface area (Å²) in [4.78, 5) is 0. The molecular weight excluding hydrogens is 251 g/mol. The third kappa shape index (κ3) is 3.07. The zero-order chi connectivity index (χ0) is 13.0. The topological polar surface area (TPSA) is 38.0 Å². The molecule has 0 saturated carbocycles. The smallest absolute Gasteiger partial charge is 0.123 e. The Morgan fingerprint density at radius 2 is 1.89 bits per heavy atom. The summed E-state index contributed by atoms with van der Waals surface area (Å²) in [5.74, 6) is 5.22. The average Bonchev–Trinajstić information content (AvgIpc) is 2.40. The third-order valence-corrected chi connectivity index (χ3v) is 3.16. The van der Waals surface area contributed by atoms with Crippen LogP contribution in [0.2, 0.25) is 5.02 Å². The highest BCUT2D eigenvalue weighted by Crippen LogP contribution is 2.26. The maximum absolute atomic E-state index is 13.3. The molecule has 0 heterocycles. The minimum atomic E-state index is -0.317. The van der Waals surface area contributed by atoms with Crippen molar-refractivity contribution in [3.05, 3.63) is 70.5 Å². The first-order valence-electron chi connectivity index (χ1n) is 5.65. The Morgan fingerprint density at radius 1 is 1.17 bits per heavy atom. The van der Waals surface area contributed by atoms with Gasteiger partial charge in [-0.1, -0.05) is 41.9 Å². The van der Waals surface area contributed by atoms with E-state index in [2.05, 4.69) is 5.43 Å². The van der Waals surface area contributed by atoms with E-state index in [9.17, 15) is 4.39 Å². The van der Waals surface area contributed by atoms with Crippen LogP contribution in [-0.2, 0) is 6.42 Å². The molecule has 2 aromatic carbocycles. The van der Waals surface area contributed by atoms with Crippen LogP contribution in [0.5, 0.6) is 0 Å². The van der Waals surface area contributed by atoms with Crippen molar-refractivity contribution in [1.29, 1.82) is 0 Å². The summed E-state index contributed by atoms with van der Waals surface area (Å²) in [6, 6.07) is 13.9. The summed E-state index contributed by atoms with van der Waals surface area (Å²) >= 11 is 6.07. The number of halogens is 2. The van der Waals surface area contributed by atoms with Crippen LogP contribution in [0.25, 0.3) is 0 Å². The second-order valence-corrected chi connectivity index (χ2v) is 4.48.